The molecule has 0 radical (unpaired) electrons. The number of carbonyl (C=O) groups excluding carboxylic acids is 1. The van der Waals surface area contributed by atoms with Crippen LogP contribution in [0.5, 0.6) is 5.75 Å². The third-order valence-electron chi connectivity index (χ3n) is 6.12. The first-order chi connectivity index (χ1) is 17.7. The average Bonchev–Trinajstić information content (AvgIpc) is 3.53. The molecule has 5 aromatic rings. The third kappa shape index (κ3) is 4.71. The van der Waals surface area contributed by atoms with E-state index in [9.17, 15) is 8.68 Å². The van der Waals surface area contributed by atoms with Crippen LogP contribution in [0.15, 0.2) is 42.9 Å². The second kappa shape index (κ2) is 9.62. The molecule has 1 N–H and O–H groups in total. The topological polar surface area (TPSA) is 87.6 Å². The molecular formula is C26H29FN6O3S. The number of nitrogens with one attached hydrogen (secondary N) is 1. The lowest BCUT2D eigenvalue weighted by atomic mass is 10.1. The first-order valence-corrected chi connectivity index (χ1v) is 12.6. The number of hydrogen-bond donors (Lipinski definition) is 1. The number of aromatic nitrogens is 5. The van der Waals surface area contributed by atoms with Crippen LogP contribution in [0.25, 0.3) is 38.8 Å². The predicted molar refractivity (Wildman–Crippen MR) is 144 cm³/mol. The van der Waals surface area contributed by atoms with Crippen molar-refractivity contribution in [3.63, 3.8) is 0 Å². The molecule has 0 aliphatic carbocycles. The summed E-state index contributed by atoms with van der Waals surface area (Å²) < 4.78 is 30.6. The quantitative estimate of drug-likeness (QED) is 0.275. The number of imidazole rings is 1. The maximum Gasteiger partial charge on any atom is 0.407 e. The Balaban J connectivity index is 1.51. The number of benzene rings is 1. The van der Waals surface area contributed by atoms with E-state index in [1.54, 1.807) is 19.5 Å². The molecule has 0 aliphatic heterocycles. The molecule has 0 aliphatic rings. The smallest absolute Gasteiger partial charge is 0.407 e. The van der Waals surface area contributed by atoms with Gasteiger partial charge >= 0.3 is 6.09 Å². The summed E-state index contributed by atoms with van der Waals surface area (Å²) in [6, 6.07) is 7.80. The Morgan fingerprint density at radius 2 is 1.95 bits per heavy atom. The molecule has 194 valence electrons. The molecule has 9 nitrogen and oxygen atoms in total. The van der Waals surface area contributed by atoms with Crippen LogP contribution >= 0.6 is 12.3 Å². The molecule has 4 aromatic heterocycles. The summed E-state index contributed by atoms with van der Waals surface area (Å²) in [5.74, 6) is 1.54. The Morgan fingerprint density at radius 3 is 2.68 bits per heavy atom. The fourth-order valence-electron chi connectivity index (χ4n) is 4.54. The molecule has 4 heterocycles. The highest BCUT2D eigenvalue weighted by Gasteiger charge is 2.21. The maximum atomic E-state index is 14.4. The Kier molecular flexibility index (Phi) is 6.49. The lowest BCUT2D eigenvalue weighted by Gasteiger charge is -2.19. The van der Waals surface area contributed by atoms with Gasteiger partial charge in [0.2, 0.25) is 0 Å². The first-order valence-electron chi connectivity index (χ1n) is 12.0. The highest BCUT2D eigenvalue weighted by atomic mass is 32.2. The van der Waals surface area contributed by atoms with Gasteiger partial charge < -0.3 is 19.4 Å². The number of amides is 1. The highest BCUT2D eigenvalue weighted by Crippen LogP contribution is 2.38. The molecule has 11 heteroatoms. The van der Waals surface area contributed by atoms with E-state index in [1.807, 2.05) is 67.2 Å². The van der Waals surface area contributed by atoms with Gasteiger partial charge in [0.25, 0.3) is 0 Å². The van der Waals surface area contributed by atoms with Gasteiger partial charge in [0, 0.05) is 42.7 Å². The van der Waals surface area contributed by atoms with Crippen LogP contribution < -0.4 is 10.1 Å². The molecular weight excluding hydrogens is 495 g/mol. The number of halogens is 1. The van der Waals surface area contributed by atoms with E-state index in [0.29, 0.717) is 30.7 Å². The van der Waals surface area contributed by atoms with Crippen molar-refractivity contribution in [2.75, 3.05) is 13.7 Å². The van der Waals surface area contributed by atoms with Crippen LogP contribution in [-0.2, 0) is 18.2 Å². The van der Waals surface area contributed by atoms with Crippen molar-refractivity contribution >= 4 is 46.0 Å². The van der Waals surface area contributed by atoms with Crippen molar-refractivity contribution in [1.82, 2.24) is 28.2 Å². The van der Waals surface area contributed by atoms with Crippen LogP contribution in [0.3, 0.4) is 0 Å². The van der Waals surface area contributed by atoms with Gasteiger partial charge in [0.15, 0.2) is 18.0 Å². The summed E-state index contributed by atoms with van der Waals surface area (Å²) in [4.78, 5) is 21.1. The van der Waals surface area contributed by atoms with Gasteiger partial charge in [-0.15, -0.1) is 3.89 Å². The number of methoxy groups -OCH3 is 1. The Labute approximate surface area is 218 Å². The van der Waals surface area contributed by atoms with Crippen molar-refractivity contribution in [1.29, 1.82) is 0 Å². The van der Waals surface area contributed by atoms with Crippen molar-refractivity contribution in [3.8, 4) is 17.0 Å². The number of hydrogen-bond acceptors (Lipinski definition) is 6. The zero-order valence-corrected chi connectivity index (χ0v) is 22.2. The van der Waals surface area contributed by atoms with Gasteiger partial charge in [0.1, 0.15) is 17.2 Å². The van der Waals surface area contributed by atoms with Crippen LogP contribution in [0, 0.1) is 0 Å². The first kappa shape index (κ1) is 24.9. The summed E-state index contributed by atoms with van der Waals surface area (Å²) in [5.41, 5.74) is 4.09. The summed E-state index contributed by atoms with van der Waals surface area (Å²) >= 11 is 0.119. The summed E-state index contributed by atoms with van der Waals surface area (Å²) in [6.07, 6.45) is 6.26. The second-order valence-corrected chi connectivity index (χ2v) is 10.4. The Bertz CT molecular complexity index is 1610. The molecule has 0 unspecified atom stereocenters. The molecule has 0 atom stereocenters. The monoisotopic (exact) mass is 524 g/mol. The number of rotatable bonds is 7. The molecule has 0 saturated heterocycles. The average molecular weight is 525 g/mol. The largest absolute Gasteiger partial charge is 0.497 e. The van der Waals surface area contributed by atoms with Crippen LogP contribution in [-0.4, -0.2) is 48.3 Å². The van der Waals surface area contributed by atoms with E-state index in [2.05, 4.69) is 15.3 Å². The van der Waals surface area contributed by atoms with E-state index in [-0.39, 0.29) is 12.3 Å². The van der Waals surface area contributed by atoms with Crippen LogP contribution in [0.1, 0.15) is 33.0 Å². The molecule has 37 heavy (non-hydrogen) atoms. The normalized spacial score (nSPS) is 12.1. The minimum Gasteiger partial charge on any atom is -0.497 e. The van der Waals surface area contributed by atoms with E-state index in [1.165, 1.54) is 3.97 Å². The van der Waals surface area contributed by atoms with Crippen LogP contribution in [0.2, 0.25) is 0 Å². The van der Waals surface area contributed by atoms with Crippen LogP contribution in [0.4, 0.5) is 8.68 Å². The van der Waals surface area contributed by atoms with Crippen molar-refractivity contribution < 1.29 is 18.2 Å². The fourth-order valence-corrected chi connectivity index (χ4v) is 4.97. The highest BCUT2D eigenvalue weighted by molar-refractivity contribution is 7.93. The standard InChI is InChI=1S/C26H29FN6O3S/c1-26(2,3)36-25(34)28-10-6-7-23-29-13-16-14-30-24-22(32(16)23)12-21(33(24)37-27)19-15-31(4)20-9-8-17(35-5)11-18(19)20/h8-9,11-15H,6-7,10H2,1-5H3,(H,28,34). The molecule has 0 bridgehead atoms. The molecule has 1 aromatic carbocycles. The minimum atomic E-state index is -0.545. The van der Waals surface area contributed by atoms with E-state index in [4.69, 9.17) is 9.47 Å². The molecule has 5 rings (SSSR count). The molecule has 0 fully saturated rings. The summed E-state index contributed by atoms with van der Waals surface area (Å²) in [6.45, 7) is 5.93. The lowest BCUT2D eigenvalue weighted by Crippen LogP contribution is -2.33. The van der Waals surface area contributed by atoms with Crippen molar-refractivity contribution in [3.05, 3.63) is 48.7 Å². The zero-order valence-electron chi connectivity index (χ0n) is 21.4. The van der Waals surface area contributed by atoms with Gasteiger partial charge in [-0.2, -0.15) is 0 Å². The number of alkyl carbamates (subject to hydrolysis) is 1. The third-order valence-corrected chi connectivity index (χ3v) is 6.63. The number of aryl methyl sites for hydroxylation is 2. The maximum absolute atomic E-state index is 14.4. The zero-order chi connectivity index (χ0) is 26.3. The summed E-state index contributed by atoms with van der Waals surface area (Å²) in [5, 5.41) is 3.73. The Hall–Kier alpha value is -3.73. The van der Waals surface area contributed by atoms with Gasteiger partial charge in [-0.1, -0.05) is 0 Å². The fraction of sp³-hybridized carbons (Fsp3) is 0.346. The lowest BCUT2D eigenvalue weighted by molar-refractivity contribution is 0.0527. The van der Waals surface area contributed by atoms with Crippen molar-refractivity contribution in [2.24, 2.45) is 7.05 Å². The Morgan fingerprint density at radius 1 is 1.16 bits per heavy atom. The molecule has 0 spiro atoms. The van der Waals surface area contributed by atoms with E-state index >= 15 is 0 Å². The summed E-state index contributed by atoms with van der Waals surface area (Å²) in [7, 11) is 3.59. The van der Waals surface area contributed by atoms with Crippen molar-refractivity contribution in [2.45, 2.75) is 39.2 Å². The minimum absolute atomic E-state index is 0.119. The number of carbonyl (C=O) groups is 1. The SMILES string of the molecule is COc1ccc2c(c1)c(-c1cc3c(ncc4cnc(CCCNC(=O)OC(C)(C)C)n43)n1SF)cn2C. The van der Waals surface area contributed by atoms with Gasteiger partial charge in [0.05, 0.1) is 36.2 Å². The van der Waals surface area contributed by atoms with Gasteiger partial charge in [-0.3, -0.25) is 4.40 Å². The second-order valence-electron chi connectivity index (χ2n) is 9.86. The number of nitrogens with zero attached hydrogens (tertiary/aromatic N) is 5. The molecule has 1 amide bonds. The molecule has 0 saturated carbocycles. The number of ether oxygens (including phenoxy) is 2. The number of fused-ring (bicyclic) bond motifs is 4. The van der Waals surface area contributed by atoms with E-state index < -0.39 is 11.7 Å². The van der Waals surface area contributed by atoms with Gasteiger partial charge in [-0.05, 0) is 51.5 Å². The van der Waals surface area contributed by atoms with E-state index in [0.717, 1.165) is 39.1 Å². The van der Waals surface area contributed by atoms with Gasteiger partial charge in [-0.25, -0.2) is 18.7 Å². The predicted octanol–water partition coefficient (Wildman–Crippen LogP) is 5.69.